The lowest BCUT2D eigenvalue weighted by molar-refractivity contribution is 0.00512. The van der Waals surface area contributed by atoms with E-state index in [1.54, 1.807) is 4.90 Å². The van der Waals surface area contributed by atoms with Gasteiger partial charge in [-0.25, -0.2) is 4.79 Å². The maximum Gasteiger partial charge on any atom is 0.410 e. The van der Waals surface area contributed by atoms with Crippen molar-refractivity contribution in [3.8, 4) is 0 Å². The molecule has 0 aromatic heterocycles. The molecule has 0 bridgehead atoms. The van der Waals surface area contributed by atoms with Gasteiger partial charge in [0, 0.05) is 26.1 Å². The van der Waals surface area contributed by atoms with Crippen LogP contribution in [0.25, 0.3) is 0 Å². The van der Waals surface area contributed by atoms with Gasteiger partial charge in [-0.05, 0) is 50.5 Å². The summed E-state index contributed by atoms with van der Waals surface area (Å²) in [5.41, 5.74) is 1.15. The highest BCUT2D eigenvalue weighted by Gasteiger charge is 2.49. The zero-order chi connectivity index (χ0) is 21.2. The number of rotatable bonds is 4. The number of carbonyl (C=O) groups excluding carboxylic acids is 1. The Labute approximate surface area is 183 Å². The maximum atomic E-state index is 13.1. The molecule has 4 nitrogen and oxygen atoms in total. The molecule has 2 aromatic carbocycles. The van der Waals surface area contributed by atoms with E-state index in [0.29, 0.717) is 23.0 Å². The highest BCUT2D eigenvalue weighted by atomic mass is 35.5. The Morgan fingerprint density at radius 3 is 2.48 bits per heavy atom. The number of hydrogen-bond donors (Lipinski definition) is 1. The van der Waals surface area contributed by atoms with E-state index in [4.69, 9.17) is 27.9 Å². The molecular weight excluding hydrogens is 407 g/mol. The topological polar surface area (TPSA) is 41.6 Å². The quantitative estimate of drug-likeness (QED) is 0.687. The van der Waals surface area contributed by atoms with Crippen molar-refractivity contribution in [3.05, 3.63) is 69.7 Å². The third-order valence-corrected chi connectivity index (χ3v) is 6.20. The summed E-state index contributed by atoms with van der Waals surface area (Å²) in [5.74, 6) is 0.0370. The van der Waals surface area contributed by atoms with Gasteiger partial charge in [-0.1, -0.05) is 59.6 Å². The number of carbonyl (C=O) groups is 1. The lowest BCUT2D eigenvalue weighted by Crippen LogP contribution is -2.56. The molecule has 0 saturated carbocycles. The summed E-state index contributed by atoms with van der Waals surface area (Å²) in [4.78, 5) is 14.8. The fourth-order valence-electron chi connectivity index (χ4n) is 4.02. The summed E-state index contributed by atoms with van der Waals surface area (Å²) in [6, 6.07) is 15.9. The van der Waals surface area contributed by atoms with E-state index in [1.807, 2.05) is 64.2 Å². The Bertz CT molecular complexity index is 867. The lowest BCUT2D eigenvalue weighted by Gasteiger charge is -2.43. The van der Waals surface area contributed by atoms with Gasteiger partial charge < -0.3 is 15.0 Å². The van der Waals surface area contributed by atoms with Gasteiger partial charge in [0.1, 0.15) is 5.60 Å². The maximum absolute atomic E-state index is 13.1. The first-order valence-corrected chi connectivity index (χ1v) is 10.5. The molecule has 1 heterocycles. The molecule has 1 aliphatic heterocycles. The number of likely N-dealkylation sites (N-methyl/N-ethyl adjacent to an activating group) is 1. The highest BCUT2D eigenvalue weighted by Crippen LogP contribution is 2.41. The van der Waals surface area contributed by atoms with Crippen molar-refractivity contribution in [2.75, 3.05) is 20.1 Å². The van der Waals surface area contributed by atoms with Gasteiger partial charge in [-0.15, -0.1) is 0 Å². The molecule has 1 fully saturated rings. The number of amides is 1. The van der Waals surface area contributed by atoms with Crippen molar-refractivity contribution in [1.29, 1.82) is 0 Å². The minimum Gasteiger partial charge on any atom is -0.444 e. The summed E-state index contributed by atoms with van der Waals surface area (Å²) in [7, 11) is 1.83. The van der Waals surface area contributed by atoms with E-state index in [1.165, 1.54) is 0 Å². The zero-order valence-electron chi connectivity index (χ0n) is 17.3. The van der Waals surface area contributed by atoms with E-state index in [-0.39, 0.29) is 12.0 Å². The van der Waals surface area contributed by atoms with Crippen molar-refractivity contribution in [3.63, 3.8) is 0 Å². The molecule has 156 valence electrons. The molecule has 0 radical (unpaired) electrons. The van der Waals surface area contributed by atoms with Crippen molar-refractivity contribution in [1.82, 2.24) is 10.2 Å². The molecule has 1 aliphatic rings. The summed E-state index contributed by atoms with van der Waals surface area (Å²) >= 11 is 12.5. The van der Waals surface area contributed by atoms with Crippen molar-refractivity contribution in [2.24, 2.45) is 0 Å². The largest absolute Gasteiger partial charge is 0.444 e. The monoisotopic (exact) mass is 434 g/mol. The first-order chi connectivity index (χ1) is 13.6. The van der Waals surface area contributed by atoms with Crippen molar-refractivity contribution < 1.29 is 9.53 Å². The number of benzene rings is 2. The smallest absolute Gasteiger partial charge is 0.410 e. The van der Waals surface area contributed by atoms with Gasteiger partial charge >= 0.3 is 6.09 Å². The number of nitrogens with zero attached hydrogens (tertiary/aromatic N) is 1. The summed E-state index contributed by atoms with van der Waals surface area (Å²) in [5, 5.41) is 4.53. The van der Waals surface area contributed by atoms with Crippen LogP contribution in [-0.4, -0.2) is 42.3 Å². The second-order valence-corrected chi connectivity index (χ2v) is 9.48. The van der Waals surface area contributed by atoms with Crippen LogP contribution in [-0.2, 0) is 11.2 Å². The minimum absolute atomic E-state index is 0.0370. The lowest BCUT2D eigenvalue weighted by atomic mass is 9.76. The molecular formula is C23H28Cl2N2O2. The predicted octanol–water partition coefficient (Wildman–Crippen LogP) is 5.53. The van der Waals surface area contributed by atoms with E-state index in [9.17, 15) is 4.79 Å². The Balaban J connectivity index is 2.03. The molecule has 1 amide bonds. The predicted molar refractivity (Wildman–Crippen MR) is 119 cm³/mol. The molecule has 6 heteroatoms. The SMILES string of the molecule is CN(C(=O)OC(C)(C)C)[C@@]1(Cc2ccccc2)CNC[C@H]1c1ccc(Cl)c(Cl)c1. The number of nitrogens with one attached hydrogen (secondary N) is 1. The fourth-order valence-corrected chi connectivity index (χ4v) is 4.33. The average Bonchev–Trinajstić information content (AvgIpc) is 3.07. The van der Waals surface area contributed by atoms with Crippen LogP contribution in [0.3, 0.4) is 0 Å². The summed E-state index contributed by atoms with van der Waals surface area (Å²) < 4.78 is 5.71. The van der Waals surface area contributed by atoms with E-state index >= 15 is 0 Å². The molecule has 1 N–H and O–H groups in total. The Morgan fingerprint density at radius 1 is 1.17 bits per heavy atom. The van der Waals surface area contributed by atoms with Crippen LogP contribution in [0.15, 0.2) is 48.5 Å². The normalized spacial score (nSPS) is 21.8. The number of halogens is 2. The molecule has 0 unspecified atom stereocenters. The van der Waals surface area contributed by atoms with E-state index < -0.39 is 11.1 Å². The first-order valence-electron chi connectivity index (χ1n) is 9.79. The van der Waals surface area contributed by atoms with Crippen LogP contribution in [0, 0.1) is 0 Å². The van der Waals surface area contributed by atoms with Crippen LogP contribution < -0.4 is 5.32 Å². The molecule has 0 spiro atoms. The number of hydrogen-bond acceptors (Lipinski definition) is 3. The average molecular weight is 435 g/mol. The molecule has 3 rings (SSSR count). The van der Waals surface area contributed by atoms with Crippen LogP contribution in [0.4, 0.5) is 4.79 Å². The standard InChI is InChI=1S/C23H28Cl2N2O2/c1-22(2,3)29-21(28)27(4)23(13-16-8-6-5-7-9-16)15-26-14-18(23)17-10-11-19(24)20(25)12-17/h5-12,18,26H,13-15H2,1-4H3/t18-,23-/m0/s1. The van der Waals surface area contributed by atoms with Gasteiger partial charge in [0.15, 0.2) is 0 Å². The molecule has 1 saturated heterocycles. The molecule has 0 aliphatic carbocycles. The third kappa shape index (κ3) is 4.88. The van der Waals surface area contributed by atoms with Crippen LogP contribution in [0.5, 0.6) is 0 Å². The van der Waals surface area contributed by atoms with Gasteiger partial charge in [0.2, 0.25) is 0 Å². The van der Waals surface area contributed by atoms with Crippen LogP contribution >= 0.6 is 23.2 Å². The zero-order valence-corrected chi connectivity index (χ0v) is 18.8. The fraction of sp³-hybridized carbons (Fsp3) is 0.435. The van der Waals surface area contributed by atoms with Crippen LogP contribution in [0.1, 0.15) is 37.8 Å². The second-order valence-electron chi connectivity index (χ2n) is 8.66. The minimum atomic E-state index is -0.565. The highest BCUT2D eigenvalue weighted by molar-refractivity contribution is 6.42. The van der Waals surface area contributed by atoms with Gasteiger partial charge in [0.25, 0.3) is 0 Å². The van der Waals surface area contributed by atoms with Crippen LogP contribution in [0.2, 0.25) is 10.0 Å². The second kappa shape index (κ2) is 8.55. The first kappa shape index (κ1) is 21.9. The Morgan fingerprint density at radius 2 is 1.86 bits per heavy atom. The Hall–Kier alpha value is -1.75. The van der Waals surface area contributed by atoms with E-state index in [2.05, 4.69) is 17.4 Å². The Kier molecular flexibility index (Phi) is 6.47. The van der Waals surface area contributed by atoms with E-state index in [0.717, 1.165) is 17.7 Å². The molecule has 29 heavy (non-hydrogen) atoms. The third-order valence-electron chi connectivity index (χ3n) is 5.46. The van der Waals surface area contributed by atoms with Crippen molar-refractivity contribution >= 4 is 29.3 Å². The summed E-state index contributed by atoms with van der Waals surface area (Å²) in [6.45, 7) is 7.03. The van der Waals surface area contributed by atoms with Crippen molar-refractivity contribution in [2.45, 2.75) is 44.2 Å². The van der Waals surface area contributed by atoms with Gasteiger partial charge in [-0.2, -0.15) is 0 Å². The van der Waals surface area contributed by atoms with Gasteiger partial charge in [-0.3, -0.25) is 0 Å². The number of ether oxygens (including phenoxy) is 1. The summed E-state index contributed by atoms with van der Waals surface area (Å²) in [6.07, 6.45) is 0.365. The molecule has 2 aromatic rings. The molecule has 2 atom stereocenters. The van der Waals surface area contributed by atoms with Gasteiger partial charge in [0.05, 0.1) is 15.6 Å².